The number of amides is 1. The Morgan fingerprint density at radius 2 is 2.18 bits per heavy atom. The number of rotatable bonds is 4. The van der Waals surface area contributed by atoms with Crippen LogP contribution in [-0.4, -0.2) is 40.3 Å². The third kappa shape index (κ3) is 2.78. The number of carbonyl (C=O) groups is 1. The highest BCUT2D eigenvalue weighted by molar-refractivity contribution is 7.00. The summed E-state index contributed by atoms with van der Waals surface area (Å²) in [6.07, 6.45) is 0. The van der Waals surface area contributed by atoms with Crippen molar-refractivity contribution in [1.29, 1.82) is 0 Å². The van der Waals surface area contributed by atoms with Gasteiger partial charge in [0.2, 0.25) is 5.91 Å². The minimum absolute atomic E-state index is 0.0380. The predicted octanol–water partition coefficient (Wildman–Crippen LogP) is 1.30. The summed E-state index contributed by atoms with van der Waals surface area (Å²) in [5.74, 6) is -0.0380. The maximum Gasteiger partial charge on any atom is 0.248 e. The van der Waals surface area contributed by atoms with E-state index in [1.165, 1.54) is 18.8 Å². The minimum atomic E-state index is -0.0380. The lowest BCUT2D eigenvalue weighted by Gasteiger charge is -2.16. The second kappa shape index (κ2) is 5.20. The predicted molar refractivity (Wildman–Crippen MR) is 65.8 cm³/mol. The van der Waals surface area contributed by atoms with E-state index in [1.807, 2.05) is 18.2 Å². The molecule has 2 aromatic rings. The van der Waals surface area contributed by atoms with E-state index in [0.717, 1.165) is 16.6 Å². The summed E-state index contributed by atoms with van der Waals surface area (Å²) in [6.45, 7) is 0.659. The summed E-state index contributed by atoms with van der Waals surface area (Å²) in [6, 6.07) is 5.83. The molecule has 0 unspecified atom stereocenters. The molecule has 1 amide bonds. The maximum absolute atomic E-state index is 11.5. The first-order chi connectivity index (χ1) is 8.20. The van der Waals surface area contributed by atoms with Gasteiger partial charge in [-0.1, -0.05) is 6.07 Å². The summed E-state index contributed by atoms with van der Waals surface area (Å²) in [4.78, 5) is 13.2. The van der Waals surface area contributed by atoms with Crippen molar-refractivity contribution >= 4 is 28.7 Å². The topological polar surface area (TPSA) is 55.3 Å². The first-order valence-corrected chi connectivity index (χ1v) is 5.88. The van der Waals surface area contributed by atoms with Crippen LogP contribution in [-0.2, 0) is 16.1 Å². The fourth-order valence-corrected chi connectivity index (χ4v) is 2.04. The Morgan fingerprint density at radius 1 is 1.41 bits per heavy atom. The molecule has 2 rings (SSSR count). The molecule has 1 aromatic heterocycles. The van der Waals surface area contributed by atoms with E-state index in [1.54, 1.807) is 11.9 Å². The van der Waals surface area contributed by atoms with Crippen LogP contribution in [0.3, 0.4) is 0 Å². The molecule has 0 aliphatic rings. The van der Waals surface area contributed by atoms with Crippen LogP contribution >= 0.6 is 11.7 Å². The van der Waals surface area contributed by atoms with Crippen LogP contribution in [0.15, 0.2) is 18.2 Å². The highest BCUT2D eigenvalue weighted by Crippen LogP contribution is 2.14. The molecule has 0 saturated carbocycles. The first kappa shape index (κ1) is 11.9. The lowest BCUT2D eigenvalue weighted by atomic mass is 10.2. The smallest absolute Gasteiger partial charge is 0.248 e. The summed E-state index contributed by atoms with van der Waals surface area (Å²) in [5.41, 5.74) is 2.81. The van der Waals surface area contributed by atoms with Crippen molar-refractivity contribution < 1.29 is 9.53 Å². The van der Waals surface area contributed by atoms with E-state index in [-0.39, 0.29) is 12.5 Å². The van der Waals surface area contributed by atoms with Gasteiger partial charge in [0.15, 0.2) is 0 Å². The Bertz CT molecular complexity index is 526. The number of ether oxygens (including phenoxy) is 1. The summed E-state index contributed by atoms with van der Waals surface area (Å²) < 4.78 is 13.1. The summed E-state index contributed by atoms with van der Waals surface area (Å²) >= 11 is 1.19. The Balaban J connectivity index is 2.09. The van der Waals surface area contributed by atoms with Gasteiger partial charge in [0.25, 0.3) is 0 Å². The van der Waals surface area contributed by atoms with E-state index in [9.17, 15) is 4.79 Å². The zero-order chi connectivity index (χ0) is 12.3. The second-order valence-corrected chi connectivity index (χ2v) is 4.30. The van der Waals surface area contributed by atoms with E-state index in [0.29, 0.717) is 6.54 Å². The van der Waals surface area contributed by atoms with Crippen LogP contribution < -0.4 is 0 Å². The van der Waals surface area contributed by atoms with Gasteiger partial charge in [0, 0.05) is 20.7 Å². The average molecular weight is 251 g/mol. The van der Waals surface area contributed by atoms with Crippen LogP contribution in [0.2, 0.25) is 0 Å². The van der Waals surface area contributed by atoms with Crippen LogP contribution in [0.5, 0.6) is 0 Å². The van der Waals surface area contributed by atoms with Crippen LogP contribution in [0, 0.1) is 0 Å². The van der Waals surface area contributed by atoms with Crippen LogP contribution in [0.4, 0.5) is 0 Å². The molecule has 0 atom stereocenters. The van der Waals surface area contributed by atoms with E-state index < -0.39 is 0 Å². The number of aromatic nitrogens is 2. The molecule has 90 valence electrons. The molecule has 1 heterocycles. The number of carbonyl (C=O) groups excluding carboxylic acids is 1. The van der Waals surface area contributed by atoms with Crippen molar-refractivity contribution in [2.24, 2.45) is 0 Å². The van der Waals surface area contributed by atoms with E-state index >= 15 is 0 Å². The van der Waals surface area contributed by atoms with Gasteiger partial charge >= 0.3 is 0 Å². The number of methoxy groups -OCH3 is 1. The van der Waals surface area contributed by atoms with Gasteiger partial charge in [0.05, 0.1) is 11.7 Å². The first-order valence-electron chi connectivity index (χ1n) is 5.15. The lowest BCUT2D eigenvalue weighted by Crippen LogP contribution is -2.29. The standard InChI is InChI=1S/C11H13N3O2S/c1-14(11(15)7-16-2)6-8-3-4-9-10(5-8)13-17-12-9/h3-5H,6-7H2,1-2H3. The molecule has 0 aliphatic carbocycles. The van der Waals surface area contributed by atoms with E-state index in [2.05, 4.69) is 8.75 Å². The highest BCUT2D eigenvalue weighted by Gasteiger charge is 2.09. The fourth-order valence-electron chi connectivity index (χ4n) is 1.52. The normalized spacial score (nSPS) is 10.7. The van der Waals surface area contributed by atoms with E-state index in [4.69, 9.17) is 4.74 Å². The number of likely N-dealkylation sites (N-methyl/N-ethyl adjacent to an activating group) is 1. The van der Waals surface area contributed by atoms with Crippen molar-refractivity contribution in [2.45, 2.75) is 6.54 Å². The van der Waals surface area contributed by atoms with Gasteiger partial charge in [-0.05, 0) is 17.7 Å². The third-order valence-electron chi connectivity index (χ3n) is 2.43. The van der Waals surface area contributed by atoms with Crippen LogP contribution in [0.25, 0.3) is 11.0 Å². The molecular weight excluding hydrogens is 238 g/mol. The largest absolute Gasteiger partial charge is 0.375 e. The van der Waals surface area contributed by atoms with Crippen LogP contribution in [0.1, 0.15) is 5.56 Å². The Labute approximate surface area is 103 Å². The molecular formula is C11H13N3O2S. The quantitative estimate of drug-likeness (QED) is 0.821. The number of nitrogens with zero attached hydrogens (tertiary/aromatic N) is 3. The SMILES string of the molecule is COCC(=O)N(C)Cc1ccc2nsnc2c1. The van der Waals surface area contributed by atoms with Gasteiger partial charge in [-0.2, -0.15) is 8.75 Å². The van der Waals surface area contributed by atoms with Gasteiger partial charge in [-0.3, -0.25) is 4.79 Å². The zero-order valence-corrected chi connectivity index (χ0v) is 10.5. The lowest BCUT2D eigenvalue weighted by molar-refractivity contribution is -0.134. The third-order valence-corrected chi connectivity index (χ3v) is 2.99. The molecule has 0 spiro atoms. The van der Waals surface area contributed by atoms with Crippen molar-refractivity contribution in [1.82, 2.24) is 13.6 Å². The van der Waals surface area contributed by atoms with Crippen molar-refractivity contribution in [2.75, 3.05) is 20.8 Å². The molecule has 5 nitrogen and oxygen atoms in total. The zero-order valence-electron chi connectivity index (χ0n) is 9.71. The number of fused-ring (bicyclic) bond motifs is 1. The van der Waals surface area contributed by atoms with Gasteiger partial charge < -0.3 is 9.64 Å². The molecule has 0 saturated heterocycles. The summed E-state index contributed by atoms with van der Waals surface area (Å²) in [7, 11) is 3.27. The number of hydrogen-bond donors (Lipinski definition) is 0. The minimum Gasteiger partial charge on any atom is -0.375 e. The van der Waals surface area contributed by atoms with Gasteiger partial charge in [0.1, 0.15) is 17.6 Å². The molecule has 0 fully saturated rings. The van der Waals surface area contributed by atoms with Gasteiger partial charge in [-0.15, -0.1) is 0 Å². The Kier molecular flexibility index (Phi) is 3.65. The van der Waals surface area contributed by atoms with Gasteiger partial charge in [-0.25, -0.2) is 0 Å². The van der Waals surface area contributed by atoms with Crippen molar-refractivity contribution in [3.05, 3.63) is 23.8 Å². The Hall–Kier alpha value is -1.53. The Morgan fingerprint density at radius 3 is 2.94 bits per heavy atom. The molecule has 17 heavy (non-hydrogen) atoms. The maximum atomic E-state index is 11.5. The molecule has 0 N–H and O–H groups in total. The monoisotopic (exact) mass is 251 g/mol. The second-order valence-electron chi connectivity index (χ2n) is 3.77. The number of benzene rings is 1. The number of hydrogen-bond acceptors (Lipinski definition) is 5. The highest BCUT2D eigenvalue weighted by atomic mass is 32.1. The molecule has 0 radical (unpaired) electrons. The van der Waals surface area contributed by atoms with Crippen molar-refractivity contribution in [3.63, 3.8) is 0 Å². The average Bonchev–Trinajstić information content (AvgIpc) is 2.76. The molecule has 1 aromatic carbocycles. The fraction of sp³-hybridized carbons (Fsp3) is 0.364. The molecule has 0 bridgehead atoms. The molecule has 6 heteroatoms. The van der Waals surface area contributed by atoms with Crippen molar-refractivity contribution in [3.8, 4) is 0 Å². The summed E-state index contributed by atoms with van der Waals surface area (Å²) in [5, 5.41) is 0. The molecule has 0 aliphatic heterocycles.